The maximum absolute atomic E-state index is 13.4. The van der Waals surface area contributed by atoms with Gasteiger partial charge in [-0.25, -0.2) is 14.2 Å². The topological polar surface area (TPSA) is 106 Å². The van der Waals surface area contributed by atoms with E-state index < -0.39 is 5.82 Å². The van der Waals surface area contributed by atoms with Crippen LogP contribution in [0.4, 0.5) is 14.9 Å². The second-order valence-corrected chi connectivity index (χ2v) is 7.81. The van der Waals surface area contributed by atoms with Crippen LogP contribution >= 0.6 is 15.9 Å². The van der Waals surface area contributed by atoms with E-state index >= 15 is 0 Å². The lowest BCUT2D eigenvalue weighted by Gasteiger charge is -2.27. The number of amides is 3. The summed E-state index contributed by atoms with van der Waals surface area (Å²) in [5.41, 5.74) is 8.12. The van der Waals surface area contributed by atoms with Gasteiger partial charge >= 0.3 is 6.03 Å². The van der Waals surface area contributed by atoms with Crippen molar-refractivity contribution in [2.75, 3.05) is 25.5 Å². The van der Waals surface area contributed by atoms with Crippen LogP contribution in [0.15, 0.2) is 22.7 Å². The Kier molecular flexibility index (Phi) is 5.28. The molecule has 0 spiro atoms. The van der Waals surface area contributed by atoms with E-state index in [2.05, 4.69) is 26.3 Å². The van der Waals surface area contributed by atoms with Gasteiger partial charge < -0.3 is 16.0 Å². The summed E-state index contributed by atoms with van der Waals surface area (Å²) < 4.78 is 15.3. The van der Waals surface area contributed by atoms with E-state index in [0.717, 1.165) is 5.69 Å². The Balaban J connectivity index is 1.57. The molecular weight excluding hydrogens is 447 g/mol. The highest BCUT2D eigenvalue weighted by Gasteiger charge is 2.35. The van der Waals surface area contributed by atoms with Gasteiger partial charge in [-0.05, 0) is 34.1 Å². The van der Waals surface area contributed by atoms with Gasteiger partial charge in [-0.3, -0.25) is 14.3 Å². The molecule has 0 bridgehead atoms. The van der Waals surface area contributed by atoms with Crippen LogP contribution in [0, 0.1) is 5.82 Å². The third kappa shape index (κ3) is 3.72. The highest BCUT2D eigenvalue weighted by molar-refractivity contribution is 9.10. The average molecular weight is 467 g/mol. The van der Waals surface area contributed by atoms with E-state index in [9.17, 15) is 14.0 Å². The van der Waals surface area contributed by atoms with Gasteiger partial charge in [0.25, 0.3) is 5.91 Å². The van der Waals surface area contributed by atoms with Gasteiger partial charge in [0, 0.05) is 37.8 Å². The molecule has 0 radical (unpaired) electrons. The van der Waals surface area contributed by atoms with Crippen LogP contribution < -0.4 is 11.1 Å². The van der Waals surface area contributed by atoms with Crippen molar-refractivity contribution in [1.29, 1.82) is 0 Å². The molecule has 1 atom stereocenters. The first-order valence-corrected chi connectivity index (χ1v) is 9.91. The molecule has 0 saturated heterocycles. The average Bonchev–Trinajstić information content (AvgIpc) is 3.00. The minimum atomic E-state index is -0.408. The highest BCUT2D eigenvalue weighted by atomic mass is 79.9. The molecule has 1 aromatic carbocycles. The molecule has 4 rings (SSSR count). The molecule has 3 heterocycles. The second kappa shape index (κ2) is 7.73. The normalized spacial score (nSPS) is 18.9. The largest absolute Gasteiger partial charge is 0.328 e. The van der Waals surface area contributed by atoms with Crippen molar-refractivity contribution in [3.8, 4) is 0 Å². The molecule has 11 heteroatoms. The molecule has 2 aliphatic rings. The highest BCUT2D eigenvalue weighted by Crippen LogP contribution is 2.27. The van der Waals surface area contributed by atoms with Crippen LogP contribution in [0.2, 0.25) is 0 Å². The maximum Gasteiger partial charge on any atom is 0.322 e. The minimum absolute atomic E-state index is 0.242. The van der Waals surface area contributed by atoms with Crippen LogP contribution in [-0.2, 0) is 24.3 Å². The zero-order valence-corrected chi connectivity index (χ0v) is 17.3. The number of carbonyl (C=O) groups excluding carboxylic acids is 2. The summed E-state index contributed by atoms with van der Waals surface area (Å²) in [6, 6.07) is 3.92. The van der Waals surface area contributed by atoms with E-state index in [1.54, 1.807) is 16.6 Å². The van der Waals surface area contributed by atoms with Crippen molar-refractivity contribution in [3.05, 3.63) is 45.4 Å². The van der Waals surface area contributed by atoms with Gasteiger partial charge in [-0.1, -0.05) is 0 Å². The molecular formula is C18H20BrFN6O3. The Morgan fingerprint density at radius 3 is 3.00 bits per heavy atom. The van der Waals surface area contributed by atoms with E-state index in [4.69, 9.17) is 10.6 Å². The van der Waals surface area contributed by atoms with Crippen LogP contribution in [0.5, 0.6) is 0 Å². The molecule has 0 saturated carbocycles. The van der Waals surface area contributed by atoms with Crippen molar-refractivity contribution in [1.82, 2.24) is 19.7 Å². The van der Waals surface area contributed by atoms with E-state index in [-0.39, 0.29) is 35.6 Å². The SMILES string of the molecule is CN1OC(CN)Cn2nc3c(c2C1=O)CN(C(=O)Nc1ccc(F)c(Br)c1)CC3. The third-order valence-corrected chi connectivity index (χ3v) is 5.60. The van der Waals surface area contributed by atoms with Gasteiger partial charge in [0.1, 0.15) is 17.6 Å². The van der Waals surface area contributed by atoms with Crippen molar-refractivity contribution < 1.29 is 18.8 Å². The number of nitrogens with one attached hydrogen (secondary N) is 1. The zero-order valence-electron chi connectivity index (χ0n) is 15.7. The van der Waals surface area contributed by atoms with Gasteiger partial charge in [-0.15, -0.1) is 0 Å². The van der Waals surface area contributed by atoms with Crippen molar-refractivity contribution in [3.63, 3.8) is 0 Å². The Bertz CT molecular complexity index is 981. The van der Waals surface area contributed by atoms with Crippen LogP contribution in [0.1, 0.15) is 21.7 Å². The molecule has 3 N–H and O–H groups in total. The zero-order chi connectivity index (χ0) is 20.7. The van der Waals surface area contributed by atoms with E-state index in [1.807, 2.05) is 0 Å². The second-order valence-electron chi connectivity index (χ2n) is 6.95. The number of hydrogen-bond donors (Lipinski definition) is 2. The number of nitrogens with zero attached hydrogens (tertiary/aromatic N) is 4. The first-order chi connectivity index (χ1) is 13.9. The van der Waals surface area contributed by atoms with E-state index in [1.165, 1.54) is 23.3 Å². The number of urea groups is 1. The number of hydroxylamine groups is 2. The summed E-state index contributed by atoms with van der Waals surface area (Å²) in [5, 5.41) is 8.49. The summed E-state index contributed by atoms with van der Waals surface area (Å²) in [6.45, 7) is 1.32. The Morgan fingerprint density at radius 1 is 1.48 bits per heavy atom. The third-order valence-electron chi connectivity index (χ3n) is 4.99. The first-order valence-electron chi connectivity index (χ1n) is 9.11. The molecule has 29 heavy (non-hydrogen) atoms. The molecule has 1 unspecified atom stereocenters. The Labute approximate surface area is 174 Å². The molecule has 0 fully saturated rings. The summed E-state index contributed by atoms with van der Waals surface area (Å²) in [4.78, 5) is 32.7. The molecule has 2 aliphatic heterocycles. The number of rotatable bonds is 2. The fourth-order valence-corrected chi connectivity index (χ4v) is 3.89. The van der Waals surface area contributed by atoms with E-state index in [0.29, 0.717) is 36.5 Å². The van der Waals surface area contributed by atoms with Crippen molar-refractivity contribution >= 4 is 33.6 Å². The lowest BCUT2D eigenvalue weighted by Crippen LogP contribution is -2.39. The first kappa shape index (κ1) is 19.8. The van der Waals surface area contributed by atoms with Gasteiger partial charge in [0.15, 0.2) is 0 Å². The molecule has 2 aromatic rings. The number of nitrogens with two attached hydrogens (primary N) is 1. The quantitative estimate of drug-likeness (QED) is 0.700. The van der Waals surface area contributed by atoms with Gasteiger partial charge in [-0.2, -0.15) is 5.10 Å². The number of halogens is 2. The number of hydrogen-bond acceptors (Lipinski definition) is 5. The fourth-order valence-electron chi connectivity index (χ4n) is 3.51. The predicted octanol–water partition coefficient (Wildman–Crippen LogP) is 1.72. The molecule has 9 nitrogen and oxygen atoms in total. The summed E-state index contributed by atoms with van der Waals surface area (Å²) in [5.74, 6) is -0.728. The monoisotopic (exact) mass is 466 g/mol. The number of benzene rings is 1. The predicted molar refractivity (Wildman–Crippen MR) is 105 cm³/mol. The lowest BCUT2D eigenvalue weighted by molar-refractivity contribution is -0.144. The van der Waals surface area contributed by atoms with Crippen molar-refractivity contribution in [2.45, 2.75) is 25.6 Å². The number of carbonyl (C=O) groups is 2. The molecule has 0 aliphatic carbocycles. The maximum atomic E-state index is 13.4. The van der Waals surface area contributed by atoms with Crippen molar-refractivity contribution in [2.24, 2.45) is 5.73 Å². The lowest BCUT2D eigenvalue weighted by atomic mass is 10.1. The van der Waals surface area contributed by atoms with Crippen LogP contribution in [0.25, 0.3) is 0 Å². The molecule has 1 aromatic heterocycles. The number of anilines is 1. The summed E-state index contributed by atoms with van der Waals surface area (Å²) in [6.07, 6.45) is 0.170. The Morgan fingerprint density at radius 2 is 2.28 bits per heavy atom. The molecule has 154 valence electrons. The molecule has 3 amide bonds. The van der Waals surface area contributed by atoms with Gasteiger partial charge in [0.2, 0.25) is 0 Å². The number of fused-ring (bicyclic) bond motifs is 3. The van der Waals surface area contributed by atoms with Crippen LogP contribution in [-0.4, -0.2) is 57.9 Å². The summed E-state index contributed by atoms with van der Waals surface area (Å²) >= 11 is 3.11. The van der Waals surface area contributed by atoms with Crippen LogP contribution in [0.3, 0.4) is 0 Å². The number of aromatic nitrogens is 2. The summed E-state index contributed by atoms with van der Waals surface area (Å²) in [7, 11) is 1.54. The fraction of sp³-hybridized carbons (Fsp3) is 0.389. The standard InChI is InChI=1S/C18H20BrFN6O3/c1-24-17(27)16-12-9-25(18(28)22-10-2-3-14(20)13(19)6-10)5-4-15(12)23-26(16)8-11(7-21)29-24/h2-3,6,11H,4-5,7-9,21H2,1H3,(H,22,28). The van der Waals surface area contributed by atoms with Gasteiger partial charge in [0.05, 0.1) is 23.3 Å². The minimum Gasteiger partial charge on any atom is -0.328 e. The smallest absolute Gasteiger partial charge is 0.322 e. The Hall–Kier alpha value is -2.50.